The summed E-state index contributed by atoms with van der Waals surface area (Å²) in [5.41, 5.74) is 1.41. The Morgan fingerprint density at radius 3 is 2.59 bits per heavy atom. The van der Waals surface area contributed by atoms with Gasteiger partial charge in [0, 0.05) is 23.8 Å². The van der Waals surface area contributed by atoms with Crippen LogP contribution in [0.1, 0.15) is 25.5 Å². The second-order valence-electron chi connectivity index (χ2n) is 5.01. The average molecular weight is 321 g/mol. The van der Waals surface area contributed by atoms with Crippen LogP contribution in [0.25, 0.3) is 10.6 Å². The van der Waals surface area contributed by atoms with E-state index in [0.717, 1.165) is 5.56 Å². The van der Waals surface area contributed by atoms with Crippen molar-refractivity contribution in [3.8, 4) is 10.6 Å². The van der Waals surface area contributed by atoms with Crippen LogP contribution in [0, 0.1) is 11.7 Å². The van der Waals surface area contributed by atoms with Gasteiger partial charge < -0.3 is 5.11 Å². The zero-order valence-corrected chi connectivity index (χ0v) is 12.9. The molecule has 0 saturated heterocycles. The van der Waals surface area contributed by atoms with Crippen LogP contribution in [0.3, 0.4) is 0 Å². The number of carbonyl (C=O) groups excluding carboxylic acids is 1. The molecule has 0 aliphatic carbocycles. The molecule has 2 rings (SSSR count). The number of carbonyl (C=O) groups is 2. The molecule has 0 bridgehead atoms. The molecule has 1 N–H and O–H groups in total. The largest absolute Gasteiger partial charge is 0.481 e. The highest BCUT2D eigenvalue weighted by atomic mass is 32.1. The van der Waals surface area contributed by atoms with Gasteiger partial charge in [-0.1, -0.05) is 6.92 Å². The number of rotatable bonds is 7. The number of Topliss-reactive ketones (excluding diaryl/α,β-unsaturated/α-hetero) is 1. The number of benzene rings is 1. The van der Waals surface area contributed by atoms with E-state index in [2.05, 4.69) is 4.98 Å². The van der Waals surface area contributed by atoms with E-state index in [9.17, 15) is 14.0 Å². The predicted molar refractivity (Wildman–Crippen MR) is 82.3 cm³/mol. The van der Waals surface area contributed by atoms with E-state index in [1.165, 1.54) is 23.5 Å². The lowest BCUT2D eigenvalue weighted by molar-refractivity contribution is -0.143. The van der Waals surface area contributed by atoms with E-state index in [0.29, 0.717) is 17.1 Å². The summed E-state index contributed by atoms with van der Waals surface area (Å²) in [7, 11) is 0. The minimum atomic E-state index is -0.943. The molecule has 0 fully saturated rings. The lowest BCUT2D eigenvalue weighted by Crippen LogP contribution is -2.18. The quantitative estimate of drug-likeness (QED) is 0.846. The minimum absolute atomic E-state index is 0.0231. The highest BCUT2D eigenvalue weighted by molar-refractivity contribution is 7.13. The summed E-state index contributed by atoms with van der Waals surface area (Å²) in [6, 6.07) is 6.00. The van der Waals surface area contributed by atoms with Crippen LogP contribution in [0.2, 0.25) is 0 Å². The normalized spacial score (nSPS) is 12.1. The molecule has 0 amide bonds. The number of aliphatic carboxylic acids is 1. The maximum absolute atomic E-state index is 12.9. The third-order valence-corrected chi connectivity index (χ3v) is 4.28. The number of halogens is 1. The number of carboxylic acid groups (broad SMARTS) is 1. The number of hydrogen-bond acceptors (Lipinski definition) is 4. The van der Waals surface area contributed by atoms with Crippen molar-refractivity contribution in [3.63, 3.8) is 0 Å². The Morgan fingerprint density at radius 2 is 2.00 bits per heavy atom. The molecule has 1 unspecified atom stereocenters. The SMILES string of the molecule is CCC(CC(=O)Cc1csc(-c2ccc(F)cc2)n1)C(=O)O. The molecule has 1 heterocycles. The highest BCUT2D eigenvalue weighted by Crippen LogP contribution is 2.24. The Morgan fingerprint density at radius 1 is 1.32 bits per heavy atom. The smallest absolute Gasteiger partial charge is 0.306 e. The molecule has 1 atom stereocenters. The molecule has 0 aliphatic heterocycles. The van der Waals surface area contributed by atoms with Gasteiger partial charge in [-0.2, -0.15) is 0 Å². The maximum atomic E-state index is 12.9. The molecule has 116 valence electrons. The summed E-state index contributed by atoms with van der Waals surface area (Å²) in [5, 5.41) is 11.5. The van der Waals surface area contributed by atoms with Crippen molar-refractivity contribution >= 4 is 23.1 Å². The predicted octanol–water partition coefficient (Wildman–Crippen LogP) is 3.56. The number of nitrogens with zero attached hydrogens (tertiary/aromatic N) is 1. The summed E-state index contributed by atoms with van der Waals surface area (Å²) in [4.78, 5) is 27.2. The van der Waals surface area contributed by atoms with E-state index in [4.69, 9.17) is 5.11 Å². The van der Waals surface area contributed by atoms with E-state index in [1.807, 2.05) is 0 Å². The van der Waals surface area contributed by atoms with E-state index < -0.39 is 11.9 Å². The van der Waals surface area contributed by atoms with Gasteiger partial charge in [0.25, 0.3) is 0 Å². The molecule has 0 spiro atoms. The molecule has 1 aromatic carbocycles. The van der Waals surface area contributed by atoms with E-state index >= 15 is 0 Å². The van der Waals surface area contributed by atoms with Gasteiger partial charge in [0.1, 0.15) is 16.6 Å². The molecular weight excluding hydrogens is 305 g/mol. The standard InChI is InChI=1S/C16H16FNO3S/c1-2-10(16(20)21)7-14(19)8-13-9-22-15(18-13)11-3-5-12(17)6-4-11/h3-6,9-10H,2,7-8H2,1H3,(H,20,21). The Balaban J connectivity index is 2.01. The van der Waals surface area contributed by atoms with Crippen LogP contribution in [0.15, 0.2) is 29.6 Å². The van der Waals surface area contributed by atoms with Crippen molar-refractivity contribution < 1.29 is 19.1 Å². The summed E-state index contributed by atoms with van der Waals surface area (Å²) < 4.78 is 12.9. The van der Waals surface area contributed by atoms with Crippen molar-refractivity contribution in [2.24, 2.45) is 5.92 Å². The van der Waals surface area contributed by atoms with Crippen molar-refractivity contribution in [2.75, 3.05) is 0 Å². The Hall–Kier alpha value is -2.08. The topological polar surface area (TPSA) is 67.3 Å². The van der Waals surface area contributed by atoms with Gasteiger partial charge in [0.2, 0.25) is 0 Å². The molecule has 22 heavy (non-hydrogen) atoms. The number of carboxylic acids is 1. The van der Waals surface area contributed by atoms with E-state index in [-0.39, 0.29) is 24.4 Å². The van der Waals surface area contributed by atoms with Crippen LogP contribution in [-0.4, -0.2) is 21.8 Å². The van der Waals surface area contributed by atoms with Crippen LogP contribution in [-0.2, 0) is 16.0 Å². The van der Waals surface area contributed by atoms with Gasteiger partial charge >= 0.3 is 5.97 Å². The third kappa shape index (κ3) is 4.21. The van der Waals surface area contributed by atoms with Gasteiger partial charge in [0.15, 0.2) is 0 Å². The second-order valence-corrected chi connectivity index (χ2v) is 5.87. The molecule has 6 heteroatoms. The molecule has 2 aromatic rings. The fourth-order valence-corrected chi connectivity index (χ4v) is 2.89. The van der Waals surface area contributed by atoms with Crippen LogP contribution in [0.4, 0.5) is 4.39 Å². The van der Waals surface area contributed by atoms with Crippen molar-refractivity contribution in [1.82, 2.24) is 4.98 Å². The number of aromatic nitrogens is 1. The lowest BCUT2D eigenvalue weighted by Gasteiger charge is -2.07. The highest BCUT2D eigenvalue weighted by Gasteiger charge is 2.20. The van der Waals surface area contributed by atoms with Crippen LogP contribution in [0.5, 0.6) is 0 Å². The fraction of sp³-hybridized carbons (Fsp3) is 0.312. The first-order valence-electron chi connectivity index (χ1n) is 6.94. The average Bonchev–Trinajstić information content (AvgIpc) is 2.93. The molecule has 1 aromatic heterocycles. The van der Waals surface area contributed by atoms with E-state index in [1.54, 1.807) is 24.4 Å². The van der Waals surface area contributed by atoms with Gasteiger partial charge in [-0.15, -0.1) is 11.3 Å². The minimum Gasteiger partial charge on any atom is -0.481 e. The fourth-order valence-electron chi connectivity index (χ4n) is 2.07. The van der Waals surface area contributed by atoms with Gasteiger partial charge in [-0.25, -0.2) is 9.37 Å². The van der Waals surface area contributed by atoms with Crippen molar-refractivity contribution in [2.45, 2.75) is 26.2 Å². The summed E-state index contributed by atoms with van der Waals surface area (Å²) in [6.07, 6.45) is 0.579. The Labute approximate surface area is 131 Å². The lowest BCUT2D eigenvalue weighted by atomic mass is 9.98. The molecular formula is C16H16FNO3S. The van der Waals surface area contributed by atoms with Gasteiger partial charge in [-0.05, 0) is 30.7 Å². The monoisotopic (exact) mass is 321 g/mol. The van der Waals surface area contributed by atoms with Crippen molar-refractivity contribution in [3.05, 3.63) is 41.2 Å². The Bertz CT molecular complexity index is 666. The number of thiazole rings is 1. The third-order valence-electron chi connectivity index (χ3n) is 3.34. The van der Waals surface area contributed by atoms with Crippen LogP contribution < -0.4 is 0 Å². The number of hydrogen-bond donors (Lipinski definition) is 1. The number of ketones is 1. The van der Waals surface area contributed by atoms with Gasteiger partial charge in [0.05, 0.1) is 11.6 Å². The zero-order valence-electron chi connectivity index (χ0n) is 12.1. The summed E-state index contributed by atoms with van der Waals surface area (Å²) >= 11 is 1.38. The van der Waals surface area contributed by atoms with Crippen molar-refractivity contribution in [1.29, 1.82) is 0 Å². The zero-order chi connectivity index (χ0) is 16.1. The summed E-state index contributed by atoms with van der Waals surface area (Å²) in [6.45, 7) is 1.75. The molecule has 0 aliphatic rings. The summed E-state index contributed by atoms with van der Waals surface area (Å²) in [5.74, 6) is -2.02. The maximum Gasteiger partial charge on any atom is 0.306 e. The first kappa shape index (κ1) is 16.3. The first-order chi connectivity index (χ1) is 10.5. The van der Waals surface area contributed by atoms with Gasteiger partial charge in [-0.3, -0.25) is 9.59 Å². The Kier molecular flexibility index (Phi) is 5.38. The molecule has 0 saturated carbocycles. The van der Waals surface area contributed by atoms with Crippen LogP contribution >= 0.6 is 11.3 Å². The first-order valence-corrected chi connectivity index (χ1v) is 7.82. The second kappa shape index (κ2) is 7.26. The molecule has 0 radical (unpaired) electrons. The molecule has 4 nitrogen and oxygen atoms in total.